The number of piperidine rings is 2. The molecule has 4 rings (SSSR count). The molecule has 0 bridgehead atoms. The number of anilines is 1. The lowest BCUT2D eigenvalue weighted by molar-refractivity contribution is -0.144. The first-order valence-electron chi connectivity index (χ1n) is 12.3. The highest BCUT2D eigenvalue weighted by molar-refractivity contribution is 5.80. The molecule has 8 heteroatoms. The van der Waals surface area contributed by atoms with Crippen molar-refractivity contribution in [2.45, 2.75) is 44.9 Å². The average Bonchev–Trinajstić information content (AvgIpc) is 2.88. The van der Waals surface area contributed by atoms with Crippen LogP contribution in [-0.4, -0.2) is 59.5 Å². The van der Waals surface area contributed by atoms with Gasteiger partial charge in [0.15, 0.2) is 0 Å². The maximum absolute atomic E-state index is 13.5. The van der Waals surface area contributed by atoms with Gasteiger partial charge >= 0.3 is 5.97 Å². The molecule has 1 aromatic heterocycles. The molecule has 0 unspecified atom stereocenters. The van der Waals surface area contributed by atoms with Gasteiger partial charge in [0.2, 0.25) is 5.91 Å². The minimum Gasteiger partial charge on any atom is -0.466 e. The number of rotatable bonds is 7. The molecule has 2 aliphatic heterocycles. The van der Waals surface area contributed by atoms with E-state index >= 15 is 0 Å². The van der Waals surface area contributed by atoms with Crippen LogP contribution in [-0.2, 0) is 14.3 Å². The van der Waals surface area contributed by atoms with Crippen LogP contribution < -0.4 is 4.90 Å². The van der Waals surface area contributed by atoms with E-state index in [0.29, 0.717) is 26.2 Å². The van der Waals surface area contributed by atoms with Gasteiger partial charge in [0.25, 0.3) is 0 Å². The minimum atomic E-state index is -0.290. The van der Waals surface area contributed by atoms with E-state index in [1.54, 1.807) is 37.6 Å². The SMILES string of the molecule is CCOC(=O)C[C@H](c1ccc(F)cc1)C1CCN(C(=O)[C@H]2CCCN(c3cnccn3)C2)CC1. The molecule has 2 saturated heterocycles. The number of ether oxygens (including phenoxy) is 1. The third-order valence-electron chi connectivity index (χ3n) is 7.05. The lowest BCUT2D eigenvalue weighted by atomic mass is 9.78. The molecule has 0 N–H and O–H groups in total. The summed E-state index contributed by atoms with van der Waals surface area (Å²) in [4.78, 5) is 38.3. The molecule has 2 fully saturated rings. The Bertz CT molecular complexity index is 948. The van der Waals surface area contributed by atoms with Crippen molar-refractivity contribution >= 4 is 17.7 Å². The van der Waals surface area contributed by atoms with E-state index in [0.717, 1.165) is 43.6 Å². The zero-order chi connectivity index (χ0) is 23.9. The minimum absolute atomic E-state index is 0.0419. The molecule has 34 heavy (non-hydrogen) atoms. The molecule has 182 valence electrons. The van der Waals surface area contributed by atoms with Gasteiger partial charge in [-0.2, -0.15) is 0 Å². The predicted molar refractivity (Wildman–Crippen MR) is 127 cm³/mol. The molecule has 0 saturated carbocycles. The number of benzene rings is 1. The van der Waals surface area contributed by atoms with Crippen LogP contribution in [0.2, 0.25) is 0 Å². The maximum atomic E-state index is 13.5. The van der Waals surface area contributed by atoms with E-state index in [4.69, 9.17) is 4.74 Å². The van der Waals surface area contributed by atoms with Gasteiger partial charge in [-0.3, -0.25) is 14.6 Å². The van der Waals surface area contributed by atoms with Crippen LogP contribution >= 0.6 is 0 Å². The Balaban J connectivity index is 1.37. The second kappa shape index (κ2) is 11.4. The monoisotopic (exact) mass is 468 g/mol. The van der Waals surface area contributed by atoms with Gasteiger partial charge in [-0.1, -0.05) is 12.1 Å². The number of esters is 1. The van der Waals surface area contributed by atoms with Crippen LogP contribution in [0.1, 0.15) is 50.5 Å². The first kappa shape index (κ1) is 24.1. The van der Waals surface area contributed by atoms with Crippen LogP contribution in [0.15, 0.2) is 42.9 Å². The van der Waals surface area contributed by atoms with Gasteiger partial charge in [-0.05, 0) is 62.1 Å². The number of likely N-dealkylation sites (tertiary alicyclic amines) is 1. The number of amides is 1. The largest absolute Gasteiger partial charge is 0.466 e. The van der Waals surface area contributed by atoms with Gasteiger partial charge in [0, 0.05) is 38.6 Å². The number of halogens is 1. The highest BCUT2D eigenvalue weighted by Gasteiger charge is 2.35. The third kappa shape index (κ3) is 5.90. The Morgan fingerprint density at radius 2 is 1.88 bits per heavy atom. The highest BCUT2D eigenvalue weighted by Crippen LogP contribution is 2.36. The van der Waals surface area contributed by atoms with Crippen molar-refractivity contribution in [1.29, 1.82) is 0 Å². The zero-order valence-corrected chi connectivity index (χ0v) is 19.7. The summed E-state index contributed by atoms with van der Waals surface area (Å²) >= 11 is 0. The van der Waals surface area contributed by atoms with E-state index in [-0.39, 0.29) is 41.9 Å². The van der Waals surface area contributed by atoms with Gasteiger partial charge in [-0.25, -0.2) is 9.37 Å². The Kier molecular flexibility index (Phi) is 8.08. The van der Waals surface area contributed by atoms with E-state index in [1.807, 2.05) is 4.90 Å². The molecule has 2 aliphatic rings. The van der Waals surface area contributed by atoms with E-state index in [9.17, 15) is 14.0 Å². The summed E-state index contributed by atoms with van der Waals surface area (Å²) < 4.78 is 18.7. The van der Waals surface area contributed by atoms with Crippen LogP contribution in [0, 0.1) is 17.7 Å². The molecule has 0 radical (unpaired) electrons. The summed E-state index contributed by atoms with van der Waals surface area (Å²) in [5.41, 5.74) is 0.950. The second-order valence-corrected chi connectivity index (χ2v) is 9.18. The normalized spacial score (nSPS) is 20.1. The van der Waals surface area contributed by atoms with E-state index in [2.05, 4.69) is 14.9 Å². The van der Waals surface area contributed by atoms with Crippen molar-refractivity contribution in [3.05, 3.63) is 54.2 Å². The van der Waals surface area contributed by atoms with E-state index < -0.39 is 0 Å². The van der Waals surface area contributed by atoms with Crippen LogP contribution in [0.5, 0.6) is 0 Å². The Morgan fingerprint density at radius 1 is 1.12 bits per heavy atom. The Hall–Kier alpha value is -3.03. The van der Waals surface area contributed by atoms with Crippen LogP contribution in [0.3, 0.4) is 0 Å². The second-order valence-electron chi connectivity index (χ2n) is 9.18. The summed E-state index contributed by atoms with van der Waals surface area (Å²) in [5.74, 6) is 0.652. The molecule has 2 atom stereocenters. The van der Waals surface area contributed by atoms with Crippen molar-refractivity contribution in [2.24, 2.45) is 11.8 Å². The number of hydrogen-bond acceptors (Lipinski definition) is 6. The molecule has 2 aromatic rings. The third-order valence-corrected chi connectivity index (χ3v) is 7.05. The lowest BCUT2D eigenvalue weighted by Gasteiger charge is -2.39. The quantitative estimate of drug-likeness (QED) is 0.576. The molecular weight excluding hydrogens is 435 g/mol. The predicted octanol–water partition coefficient (Wildman–Crippen LogP) is 3.81. The van der Waals surface area contributed by atoms with Crippen molar-refractivity contribution in [3.63, 3.8) is 0 Å². The first-order chi connectivity index (χ1) is 16.5. The number of carbonyl (C=O) groups excluding carboxylic acids is 2. The number of hydrogen-bond donors (Lipinski definition) is 0. The van der Waals surface area contributed by atoms with Crippen LogP contribution in [0.25, 0.3) is 0 Å². The smallest absolute Gasteiger partial charge is 0.306 e. The van der Waals surface area contributed by atoms with Crippen molar-refractivity contribution in [2.75, 3.05) is 37.7 Å². The summed E-state index contributed by atoms with van der Waals surface area (Å²) in [7, 11) is 0. The van der Waals surface area contributed by atoms with Gasteiger partial charge < -0.3 is 14.5 Å². The van der Waals surface area contributed by atoms with Gasteiger partial charge in [0.05, 0.1) is 25.1 Å². The molecular formula is C26H33FN4O3. The fourth-order valence-corrected chi connectivity index (χ4v) is 5.29. The standard InChI is InChI=1S/C26H33FN4O3/c1-2-34-25(32)16-23(19-5-7-22(27)8-6-19)20-9-14-30(15-10-20)26(33)21-4-3-13-31(18-21)24-17-28-11-12-29-24/h5-8,11-12,17,20-21,23H,2-4,9-10,13-16,18H2,1H3/t21-,23+/m0/s1. The maximum Gasteiger partial charge on any atom is 0.306 e. The molecule has 0 aliphatic carbocycles. The highest BCUT2D eigenvalue weighted by atomic mass is 19.1. The van der Waals surface area contributed by atoms with Crippen LogP contribution in [0.4, 0.5) is 10.2 Å². The zero-order valence-electron chi connectivity index (χ0n) is 19.7. The molecule has 7 nitrogen and oxygen atoms in total. The fraction of sp³-hybridized carbons (Fsp3) is 0.538. The number of nitrogens with zero attached hydrogens (tertiary/aromatic N) is 4. The molecule has 0 spiro atoms. The summed E-state index contributed by atoms with van der Waals surface area (Å²) in [6.45, 7) is 5.04. The number of carbonyl (C=O) groups is 2. The van der Waals surface area contributed by atoms with Gasteiger partial charge in [0.1, 0.15) is 11.6 Å². The van der Waals surface area contributed by atoms with Crippen molar-refractivity contribution in [1.82, 2.24) is 14.9 Å². The topological polar surface area (TPSA) is 75.6 Å². The van der Waals surface area contributed by atoms with E-state index in [1.165, 1.54) is 12.1 Å². The summed E-state index contributed by atoms with van der Waals surface area (Å²) in [6, 6.07) is 6.41. The summed E-state index contributed by atoms with van der Waals surface area (Å²) in [6.07, 6.45) is 8.82. The van der Waals surface area contributed by atoms with Crippen molar-refractivity contribution < 1.29 is 18.7 Å². The molecule has 1 aromatic carbocycles. The average molecular weight is 469 g/mol. The lowest BCUT2D eigenvalue weighted by Crippen LogP contribution is -2.48. The first-order valence-corrected chi connectivity index (χ1v) is 12.3. The number of aromatic nitrogens is 2. The molecule has 3 heterocycles. The Labute approximate surface area is 200 Å². The summed E-state index contributed by atoms with van der Waals surface area (Å²) in [5, 5.41) is 0. The Morgan fingerprint density at radius 3 is 2.56 bits per heavy atom. The van der Waals surface area contributed by atoms with Crippen molar-refractivity contribution in [3.8, 4) is 0 Å². The molecule has 1 amide bonds. The fourth-order valence-electron chi connectivity index (χ4n) is 5.29. The van der Waals surface area contributed by atoms with Gasteiger partial charge in [-0.15, -0.1) is 0 Å².